The Hall–Kier alpha value is -0.810. The van der Waals surface area contributed by atoms with Gasteiger partial charge in [-0.15, -0.1) is 0 Å². The number of amides is 1. The third-order valence-electron chi connectivity index (χ3n) is 4.18. The molecule has 0 N–H and O–H groups in total. The van der Waals surface area contributed by atoms with Gasteiger partial charge in [-0.1, -0.05) is 0 Å². The second kappa shape index (κ2) is 3.85. The lowest BCUT2D eigenvalue weighted by Gasteiger charge is -2.47. The highest BCUT2D eigenvalue weighted by Gasteiger charge is 2.44. The van der Waals surface area contributed by atoms with E-state index >= 15 is 0 Å². The standard InChI is InChI=1S/C12H20N2O3/c1-12(3-4-12)17-11(15)14-5-9-7-16-8-10(6-14)13(9)2/h9-10H,3-8H2,1-2H3. The third kappa shape index (κ3) is 2.13. The Kier molecular flexibility index (Phi) is 2.56. The Morgan fingerprint density at radius 2 is 1.88 bits per heavy atom. The minimum Gasteiger partial charge on any atom is -0.443 e. The predicted molar refractivity (Wildman–Crippen MR) is 61.9 cm³/mol. The van der Waals surface area contributed by atoms with Crippen molar-refractivity contribution >= 4 is 6.09 Å². The fourth-order valence-electron chi connectivity index (χ4n) is 2.52. The van der Waals surface area contributed by atoms with Gasteiger partial charge < -0.3 is 14.4 Å². The number of piperazine rings is 1. The van der Waals surface area contributed by atoms with E-state index in [1.807, 2.05) is 11.8 Å². The summed E-state index contributed by atoms with van der Waals surface area (Å²) in [5, 5.41) is 0. The van der Waals surface area contributed by atoms with E-state index in [-0.39, 0.29) is 11.7 Å². The SMILES string of the molecule is CN1C2COCC1CN(C(=O)OC1(C)CC1)C2. The molecule has 1 saturated carbocycles. The van der Waals surface area contributed by atoms with Crippen molar-refractivity contribution in [3.05, 3.63) is 0 Å². The normalized spacial score (nSPS) is 35.5. The van der Waals surface area contributed by atoms with Gasteiger partial charge in [-0.2, -0.15) is 0 Å². The van der Waals surface area contributed by atoms with Crippen molar-refractivity contribution in [1.29, 1.82) is 0 Å². The van der Waals surface area contributed by atoms with E-state index in [4.69, 9.17) is 9.47 Å². The van der Waals surface area contributed by atoms with Gasteiger partial charge in [-0.25, -0.2) is 4.79 Å². The Bertz CT molecular complexity index is 316. The number of likely N-dealkylation sites (N-methyl/N-ethyl adjacent to an activating group) is 1. The summed E-state index contributed by atoms with van der Waals surface area (Å²) in [5.41, 5.74) is -0.175. The minimum atomic E-state index is -0.175. The average Bonchev–Trinajstić information content (AvgIpc) is 2.95. The van der Waals surface area contributed by atoms with Crippen molar-refractivity contribution in [3.8, 4) is 0 Å². The maximum atomic E-state index is 12.0. The molecule has 2 bridgehead atoms. The number of fused-ring (bicyclic) bond motifs is 2. The largest absolute Gasteiger partial charge is 0.443 e. The monoisotopic (exact) mass is 240 g/mol. The van der Waals surface area contributed by atoms with Crippen LogP contribution in [0.2, 0.25) is 0 Å². The molecule has 3 fully saturated rings. The first-order chi connectivity index (χ1) is 8.07. The van der Waals surface area contributed by atoms with Crippen molar-refractivity contribution in [2.75, 3.05) is 33.4 Å². The summed E-state index contributed by atoms with van der Waals surface area (Å²) in [6, 6.07) is 0.643. The molecule has 17 heavy (non-hydrogen) atoms. The number of carbonyl (C=O) groups is 1. The van der Waals surface area contributed by atoms with Gasteiger partial charge >= 0.3 is 6.09 Å². The summed E-state index contributed by atoms with van der Waals surface area (Å²) in [6.07, 6.45) is 1.86. The second-order valence-electron chi connectivity index (χ2n) is 5.73. The van der Waals surface area contributed by atoms with E-state index in [0.29, 0.717) is 25.3 Å². The smallest absolute Gasteiger partial charge is 0.410 e. The molecule has 2 saturated heterocycles. The van der Waals surface area contributed by atoms with Crippen molar-refractivity contribution < 1.29 is 14.3 Å². The molecule has 2 aliphatic heterocycles. The Morgan fingerprint density at radius 3 is 2.41 bits per heavy atom. The summed E-state index contributed by atoms with van der Waals surface area (Å²) in [6.45, 7) is 4.89. The van der Waals surface area contributed by atoms with Gasteiger partial charge in [-0.05, 0) is 26.8 Å². The molecule has 0 aromatic rings. The summed E-state index contributed by atoms with van der Waals surface area (Å²) >= 11 is 0. The zero-order valence-electron chi connectivity index (χ0n) is 10.5. The van der Waals surface area contributed by atoms with Crippen LogP contribution in [0.1, 0.15) is 19.8 Å². The van der Waals surface area contributed by atoms with Gasteiger partial charge in [0.25, 0.3) is 0 Å². The van der Waals surface area contributed by atoms with Crippen LogP contribution in [0.15, 0.2) is 0 Å². The Balaban J connectivity index is 1.63. The predicted octanol–water partition coefficient (Wildman–Crippen LogP) is 0.690. The van der Waals surface area contributed by atoms with E-state index in [2.05, 4.69) is 11.9 Å². The molecule has 1 aliphatic carbocycles. The lowest BCUT2D eigenvalue weighted by molar-refractivity contribution is -0.0837. The summed E-state index contributed by atoms with van der Waals surface area (Å²) in [5.74, 6) is 0. The van der Waals surface area contributed by atoms with Crippen LogP contribution in [-0.4, -0.2) is 66.9 Å². The van der Waals surface area contributed by atoms with Gasteiger partial charge in [-0.3, -0.25) is 4.90 Å². The molecule has 0 radical (unpaired) electrons. The lowest BCUT2D eigenvalue weighted by atomic mass is 10.1. The summed E-state index contributed by atoms with van der Waals surface area (Å²) in [7, 11) is 2.11. The fraction of sp³-hybridized carbons (Fsp3) is 0.917. The number of nitrogens with zero attached hydrogens (tertiary/aromatic N) is 2. The highest BCUT2D eigenvalue weighted by Crippen LogP contribution is 2.39. The molecule has 96 valence electrons. The average molecular weight is 240 g/mol. The van der Waals surface area contributed by atoms with Gasteiger partial charge in [0.1, 0.15) is 5.60 Å². The minimum absolute atomic E-state index is 0.144. The molecule has 0 spiro atoms. The molecule has 2 unspecified atom stereocenters. The van der Waals surface area contributed by atoms with Gasteiger partial charge in [0.15, 0.2) is 0 Å². The highest BCUT2D eigenvalue weighted by atomic mass is 16.6. The van der Waals surface area contributed by atoms with E-state index < -0.39 is 0 Å². The molecule has 5 heteroatoms. The molecule has 0 aromatic carbocycles. The summed E-state index contributed by atoms with van der Waals surface area (Å²) < 4.78 is 11.0. The number of ether oxygens (including phenoxy) is 2. The van der Waals surface area contributed by atoms with Crippen LogP contribution in [0.4, 0.5) is 4.79 Å². The number of morpholine rings is 1. The van der Waals surface area contributed by atoms with Crippen LogP contribution in [0.3, 0.4) is 0 Å². The van der Waals surface area contributed by atoms with Crippen LogP contribution < -0.4 is 0 Å². The molecule has 3 aliphatic rings. The quantitative estimate of drug-likeness (QED) is 0.676. The number of hydrogen-bond acceptors (Lipinski definition) is 4. The molecule has 5 nitrogen and oxygen atoms in total. The topological polar surface area (TPSA) is 42.0 Å². The number of rotatable bonds is 1. The third-order valence-corrected chi connectivity index (χ3v) is 4.18. The first-order valence-corrected chi connectivity index (χ1v) is 6.35. The molecule has 3 rings (SSSR count). The molecule has 2 heterocycles. The lowest BCUT2D eigenvalue weighted by Crippen LogP contribution is -2.64. The van der Waals surface area contributed by atoms with E-state index in [0.717, 1.165) is 25.9 Å². The first-order valence-electron chi connectivity index (χ1n) is 6.35. The number of hydrogen-bond donors (Lipinski definition) is 0. The van der Waals surface area contributed by atoms with Gasteiger partial charge in [0, 0.05) is 13.1 Å². The summed E-state index contributed by atoms with van der Waals surface area (Å²) in [4.78, 5) is 16.2. The molecule has 0 aromatic heterocycles. The fourth-order valence-corrected chi connectivity index (χ4v) is 2.52. The Morgan fingerprint density at radius 1 is 1.29 bits per heavy atom. The van der Waals surface area contributed by atoms with Gasteiger partial charge in [0.05, 0.1) is 25.3 Å². The molecular formula is C12H20N2O3. The zero-order valence-corrected chi connectivity index (χ0v) is 10.5. The molecule has 1 amide bonds. The van der Waals surface area contributed by atoms with E-state index in [1.165, 1.54) is 0 Å². The van der Waals surface area contributed by atoms with Crippen LogP contribution in [0, 0.1) is 0 Å². The maximum Gasteiger partial charge on any atom is 0.410 e. The second-order valence-corrected chi connectivity index (χ2v) is 5.73. The van der Waals surface area contributed by atoms with E-state index in [9.17, 15) is 4.79 Å². The van der Waals surface area contributed by atoms with Crippen molar-refractivity contribution in [1.82, 2.24) is 9.80 Å². The van der Waals surface area contributed by atoms with Crippen LogP contribution >= 0.6 is 0 Å². The van der Waals surface area contributed by atoms with Crippen molar-refractivity contribution in [3.63, 3.8) is 0 Å². The maximum absolute atomic E-state index is 12.0. The molecule has 2 atom stereocenters. The number of carbonyl (C=O) groups excluding carboxylic acids is 1. The van der Waals surface area contributed by atoms with E-state index in [1.54, 1.807) is 0 Å². The molecular weight excluding hydrogens is 220 g/mol. The highest BCUT2D eigenvalue weighted by molar-refractivity contribution is 5.68. The zero-order chi connectivity index (χ0) is 12.0. The van der Waals surface area contributed by atoms with Crippen molar-refractivity contribution in [2.24, 2.45) is 0 Å². The van der Waals surface area contributed by atoms with Gasteiger partial charge in [0.2, 0.25) is 0 Å². The van der Waals surface area contributed by atoms with Crippen molar-refractivity contribution in [2.45, 2.75) is 37.5 Å². The Labute approximate surface area is 102 Å². The van der Waals surface area contributed by atoms with Crippen LogP contribution in [-0.2, 0) is 9.47 Å². The van der Waals surface area contributed by atoms with Crippen LogP contribution in [0.25, 0.3) is 0 Å². The first kappa shape index (κ1) is 11.3. The van der Waals surface area contributed by atoms with Crippen LogP contribution in [0.5, 0.6) is 0 Å².